The van der Waals surface area contributed by atoms with E-state index in [9.17, 15) is 14.0 Å². The number of methoxy groups -OCH3 is 1. The van der Waals surface area contributed by atoms with Crippen LogP contribution in [0.3, 0.4) is 0 Å². The maximum Gasteiger partial charge on any atom is 0.277 e. The quantitative estimate of drug-likeness (QED) is 0.437. The van der Waals surface area contributed by atoms with Gasteiger partial charge in [0.15, 0.2) is 0 Å². The van der Waals surface area contributed by atoms with Gasteiger partial charge in [0.1, 0.15) is 17.3 Å². The van der Waals surface area contributed by atoms with E-state index in [1.54, 1.807) is 19.2 Å². The normalized spacial score (nSPS) is 13.6. The highest BCUT2D eigenvalue weighted by atomic mass is 19.1. The molecule has 174 valence electrons. The van der Waals surface area contributed by atoms with Crippen molar-refractivity contribution in [1.82, 2.24) is 9.80 Å². The summed E-state index contributed by atoms with van der Waals surface area (Å²) in [6.45, 7) is 3.24. The Morgan fingerprint density at radius 3 is 2.15 bits per heavy atom. The van der Waals surface area contributed by atoms with Gasteiger partial charge in [-0.05, 0) is 54.3 Å². The molecule has 6 heteroatoms. The summed E-state index contributed by atoms with van der Waals surface area (Å²) >= 11 is 0. The topological polar surface area (TPSA) is 49.9 Å². The molecule has 5 nitrogen and oxygen atoms in total. The molecule has 2 amide bonds. The molecule has 0 bridgehead atoms. The van der Waals surface area contributed by atoms with Crippen molar-refractivity contribution in [2.24, 2.45) is 0 Å². The van der Waals surface area contributed by atoms with Gasteiger partial charge in [0, 0.05) is 19.6 Å². The molecule has 4 rings (SSSR count). The van der Waals surface area contributed by atoms with Gasteiger partial charge in [0.2, 0.25) is 0 Å². The fraction of sp³-hybridized carbons (Fsp3) is 0.214. The van der Waals surface area contributed by atoms with E-state index in [4.69, 9.17) is 4.74 Å². The van der Waals surface area contributed by atoms with E-state index < -0.39 is 5.82 Å². The number of hydrogen-bond acceptors (Lipinski definition) is 4. The molecule has 0 aromatic heterocycles. The third kappa shape index (κ3) is 4.86. The van der Waals surface area contributed by atoms with Gasteiger partial charge in [-0.3, -0.25) is 14.5 Å². The van der Waals surface area contributed by atoms with Crippen LogP contribution in [0.15, 0.2) is 84.6 Å². The van der Waals surface area contributed by atoms with Gasteiger partial charge < -0.3 is 9.64 Å². The van der Waals surface area contributed by atoms with Crippen LogP contribution < -0.4 is 4.74 Å². The van der Waals surface area contributed by atoms with E-state index in [2.05, 4.69) is 0 Å². The lowest BCUT2D eigenvalue weighted by Crippen LogP contribution is -2.36. The SMILES string of the molecule is CCN(Cc1ccccc1)C1=C(c2ccc(F)cc2)C(=O)N(CCc2ccc(OC)cc2)C1=O. The van der Waals surface area contributed by atoms with Gasteiger partial charge in [-0.25, -0.2) is 4.39 Å². The molecule has 0 N–H and O–H groups in total. The van der Waals surface area contributed by atoms with E-state index in [0.29, 0.717) is 36.3 Å². The van der Waals surface area contributed by atoms with E-state index in [1.165, 1.54) is 17.0 Å². The third-order valence-electron chi connectivity index (χ3n) is 5.97. The van der Waals surface area contributed by atoms with E-state index in [1.807, 2.05) is 66.4 Å². The Balaban J connectivity index is 1.65. The Morgan fingerprint density at radius 2 is 1.53 bits per heavy atom. The summed E-state index contributed by atoms with van der Waals surface area (Å²) in [5.74, 6) is -0.322. The average Bonchev–Trinajstić information content (AvgIpc) is 3.12. The first-order valence-corrected chi connectivity index (χ1v) is 11.3. The Bertz CT molecular complexity index is 1190. The van der Waals surface area contributed by atoms with Gasteiger partial charge in [-0.2, -0.15) is 0 Å². The van der Waals surface area contributed by atoms with Gasteiger partial charge in [-0.15, -0.1) is 0 Å². The number of rotatable bonds is 9. The van der Waals surface area contributed by atoms with Crippen molar-refractivity contribution in [2.75, 3.05) is 20.2 Å². The van der Waals surface area contributed by atoms with Crippen LogP contribution >= 0.6 is 0 Å². The molecule has 0 unspecified atom stereocenters. The van der Waals surface area contributed by atoms with Crippen molar-refractivity contribution < 1.29 is 18.7 Å². The van der Waals surface area contributed by atoms with Gasteiger partial charge in [-0.1, -0.05) is 54.6 Å². The molecular formula is C28H27FN2O3. The van der Waals surface area contributed by atoms with Crippen molar-refractivity contribution >= 4 is 17.4 Å². The highest BCUT2D eigenvalue weighted by molar-refractivity contribution is 6.35. The van der Waals surface area contributed by atoms with E-state index in [-0.39, 0.29) is 18.4 Å². The van der Waals surface area contributed by atoms with Crippen molar-refractivity contribution in [3.63, 3.8) is 0 Å². The minimum Gasteiger partial charge on any atom is -0.497 e. The Morgan fingerprint density at radius 1 is 0.853 bits per heavy atom. The zero-order valence-electron chi connectivity index (χ0n) is 19.3. The van der Waals surface area contributed by atoms with E-state index in [0.717, 1.165) is 16.9 Å². The summed E-state index contributed by atoms with van der Waals surface area (Å²) in [4.78, 5) is 30.3. The first-order valence-electron chi connectivity index (χ1n) is 11.3. The maximum absolute atomic E-state index is 13.6. The highest BCUT2D eigenvalue weighted by Gasteiger charge is 2.41. The van der Waals surface area contributed by atoms with Crippen molar-refractivity contribution in [2.45, 2.75) is 19.9 Å². The molecule has 0 saturated heterocycles. The number of carbonyl (C=O) groups is 2. The second kappa shape index (κ2) is 10.3. The number of carbonyl (C=O) groups excluding carboxylic acids is 2. The van der Waals surface area contributed by atoms with Gasteiger partial charge in [0.05, 0.1) is 12.7 Å². The van der Waals surface area contributed by atoms with Crippen LogP contribution in [0, 0.1) is 5.82 Å². The molecule has 3 aromatic rings. The number of nitrogens with zero attached hydrogens (tertiary/aromatic N) is 2. The molecule has 1 heterocycles. The lowest BCUT2D eigenvalue weighted by molar-refractivity contribution is -0.137. The fourth-order valence-electron chi connectivity index (χ4n) is 4.12. The highest BCUT2D eigenvalue weighted by Crippen LogP contribution is 2.32. The molecule has 1 aliphatic rings. The summed E-state index contributed by atoms with van der Waals surface area (Å²) in [5, 5.41) is 0. The van der Waals surface area contributed by atoms with Crippen molar-refractivity contribution in [1.29, 1.82) is 0 Å². The molecule has 0 radical (unpaired) electrons. The minimum absolute atomic E-state index is 0.251. The van der Waals surface area contributed by atoms with Crippen LogP contribution in [0.4, 0.5) is 4.39 Å². The second-order valence-electron chi connectivity index (χ2n) is 8.09. The molecule has 0 atom stereocenters. The predicted octanol–water partition coefficient (Wildman–Crippen LogP) is 4.68. The van der Waals surface area contributed by atoms with Crippen LogP contribution in [-0.2, 0) is 22.6 Å². The van der Waals surface area contributed by atoms with E-state index >= 15 is 0 Å². The van der Waals surface area contributed by atoms with Gasteiger partial charge >= 0.3 is 0 Å². The average molecular weight is 459 g/mol. The van der Waals surface area contributed by atoms with Crippen LogP contribution in [0.2, 0.25) is 0 Å². The monoisotopic (exact) mass is 458 g/mol. The smallest absolute Gasteiger partial charge is 0.277 e. The first kappa shape index (κ1) is 23.2. The lowest BCUT2D eigenvalue weighted by Gasteiger charge is -2.25. The number of imide groups is 1. The van der Waals surface area contributed by atoms with Crippen LogP contribution in [0.5, 0.6) is 5.75 Å². The van der Waals surface area contributed by atoms with Crippen molar-refractivity contribution in [3.8, 4) is 5.75 Å². The molecular weight excluding hydrogens is 431 g/mol. The molecule has 1 aliphatic heterocycles. The Kier molecular flexibility index (Phi) is 7.07. The summed E-state index contributed by atoms with van der Waals surface area (Å²) in [6, 6.07) is 23.1. The van der Waals surface area contributed by atoms with Crippen molar-refractivity contribution in [3.05, 3.63) is 107 Å². The Hall–Kier alpha value is -3.93. The van der Waals surface area contributed by atoms with Crippen LogP contribution in [-0.4, -0.2) is 41.8 Å². The third-order valence-corrected chi connectivity index (χ3v) is 5.97. The number of likely N-dealkylation sites (N-methyl/N-ethyl adjacent to an activating group) is 1. The second-order valence-corrected chi connectivity index (χ2v) is 8.09. The molecule has 0 fully saturated rings. The summed E-state index contributed by atoms with van der Waals surface area (Å²) in [6.07, 6.45) is 0.524. The van der Waals surface area contributed by atoms with Crippen LogP contribution in [0.1, 0.15) is 23.6 Å². The zero-order chi connectivity index (χ0) is 24.1. The molecule has 0 spiro atoms. The molecule has 3 aromatic carbocycles. The summed E-state index contributed by atoms with van der Waals surface area (Å²) < 4.78 is 18.8. The largest absolute Gasteiger partial charge is 0.497 e. The maximum atomic E-state index is 13.6. The summed E-state index contributed by atoms with van der Waals surface area (Å²) in [7, 11) is 1.61. The number of amides is 2. The fourth-order valence-corrected chi connectivity index (χ4v) is 4.12. The standard InChI is InChI=1S/C28H27FN2O3/c1-3-30(19-21-7-5-4-6-8-21)26-25(22-11-13-23(29)14-12-22)27(32)31(28(26)33)18-17-20-9-15-24(34-2)16-10-20/h4-16H,3,17-19H2,1-2H3. The Labute approximate surface area is 199 Å². The zero-order valence-corrected chi connectivity index (χ0v) is 19.3. The number of benzene rings is 3. The number of ether oxygens (including phenoxy) is 1. The minimum atomic E-state index is -0.393. The lowest BCUT2D eigenvalue weighted by atomic mass is 10.0. The predicted molar refractivity (Wildman–Crippen MR) is 129 cm³/mol. The number of hydrogen-bond donors (Lipinski definition) is 0. The molecule has 34 heavy (non-hydrogen) atoms. The molecule has 0 aliphatic carbocycles. The number of halogens is 1. The summed E-state index contributed by atoms with van der Waals surface area (Å²) in [5.41, 5.74) is 3.24. The first-order chi connectivity index (χ1) is 16.5. The van der Waals surface area contributed by atoms with Gasteiger partial charge in [0.25, 0.3) is 11.8 Å². The molecule has 0 saturated carbocycles. The van der Waals surface area contributed by atoms with Crippen LogP contribution in [0.25, 0.3) is 5.57 Å².